The summed E-state index contributed by atoms with van der Waals surface area (Å²) in [6, 6.07) is 7.85. The Bertz CT molecular complexity index is 582. The molecule has 100 valence electrons. The summed E-state index contributed by atoms with van der Waals surface area (Å²) >= 11 is 0. The molecule has 4 heteroatoms. The first-order valence-corrected chi connectivity index (χ1v) is 6.42. The highest BCUT2D eigenvalue weighted by Crippen LogP contribution is 2.24. The van der Waals surface area contributed by atoms with Gasteiger partial charge in [0.1, 0.15) is 11.6 Å². The second-order valence-corrected chi connectivity index (χ2v) is 4.32. The quantitative estimate of drug-likeness (QED) is 0.913. The van der Waals surface area contributed by atoms with Gasteiger partial charge >= 0.3 is 0 Å². The van der Waals surface area contributed by atoms with Crippen molar-refractivity contribution in [1.29, 1.82) is 0 Å². The van der Waals surface area contributed by atoms with Crippen molar-refractivity contribution in [2.45, 2.75) is 20.8 Å². The minimum atomic E-state index is 0.652. The van der Waals surface area contributed by atoms with Gasteiger partial charge in [0.05, 0.1) is 6.61 Å². The predicted molar refractivity (Wildman–Crippen MR) is 77.7 cm³/mol. The number of nitrogens with zero attached hydrogens (tertiary/aromatic N) is 2. The van der Waals surface area contributed by atoms with Gasteiger partial charge in [-0.05, 0) is 32.9 Å². The first kappa shape index (κ1) is 13.3. The van der Waals surface area contributed by atoms with Crippen LogP contribution in [0.5, 0.6) is 5.75 Å². The summed E-state index contributed by atoms with van der Waals surface area (Å²) in [5.74, 6) is 2.42. The van der Waals surface area contributed by atoms with Gasteiger partial charge in [0.15, 0.2) is 5.82 Å². The van der Waals surface area contributed by atoms with Crippen LogP contribution in [0.25, 0.3) is 11.4 Å². The van der Waals surface area contributed by atoms with E-state index in [9.17, 15) is 0 Å². The molecule has 0 aliphatic heterocycles. The summed E-state index contributed by atoms with van der Waals surface area (Å²) in [7, 11) is 1.87. The molecule has 0 unspecified atom stereocenters. The highest BCUT2D eigenvalue weighted by atomic mass is 16.5. The molecule has 0 atom stereocenters. The third kappa shape index (κ3) is 2.84. The Morgan fingerprint density at radius 2 is 2.00 bits per heavy atom. The maximum Gasteiger partial charge on any atom is 0.161 e. The fourth-order valence-corrected chi connectivity index (χ4v) is 1.89. The van der Waals surface area contributed by atoms with Gasteiger partial charge in [0.2, 0.25) is 0 Å². The number of aryl methyl sites for hydroxylation is 1. The molecule has 0 aliphatic carbocycles. The summed E-state index contributed by atoms with van der Waals surface area (Å²) in [4.78, 5) is 9.09. The Morgan fingerprint density at radius 3 is 2.68 bits per heavy atom. The van der Waals surface area contributed by atoms with Crippen LogP contribution in [-0.4, -0.2) is 23.6 Å². The van der Waals surface area contributed by atoms with E-state index in [-0.39, 0.29) is 0 Å². The van der Waals surface area contributed by atoms with Gasteiger partial charge in [0, 0.05) is 23.9 Å². The summed E-state index contributed by atoms with van der Waals surface area (Å²) in [5, 5.41) is 3.10. The number of anilines is 1. The maximum atomic E-state index is 5.51. The van der Waals surface area contributed by atoms with Gasteiger partial charge in [-0.3, -0.25) is 0 Å². The van der Waals surface area contributed by atoms with Crippen molar-refractivity contribution in [2.75, 3.05) is 19.0 Å². The molecular formula is C15H19N3O. The molecule has 1 aromatic heterocycles. The molecule has 2 aromatic rings. The van der Waals surface area contributed by atoms with Crippen LogP contribution in [0.1, 0.15) is 18.2 Å². The zero-order valence-electron chi connectivity index (χ0n) is 11.8. The number of aromatic nitrogens is 2. The molecular weight excluding hydrogens is 238 g/mol. The average Bonchev–Trinajstić information content (AvgIpc) is 2.42. The molecule has 1 N–H and O–H groups in total. The number of rotatable bonds is 4. The average molecular weight is 257 g/mol. The molecule has 0 saturated heterocycles. The van der Waals surface area contributed by atoms with Crippen molar-refractivity contribution in [3.05, 3.63) is 35.5 Å². The lowest BCUT2D eigenvalue weighted by Crippen LogP contribution is -2.02. The van der Waals surface area contributed by atoms with Gasteiger partial charge < -0.3 is 10.1 Å². The van der Waals surface area contributed by atoms with E-state index in [1.165, 1.54) is 0 Å². The molecule has 1 heterocycles. The predicted octanol–water partition coefficient (Wildman–Crippen LogP) is 3.20. The van der Waals surface area contributed by atoms with Crippen molar-refractivity contribution in [3.8, 4) is 17.1 Å². The number of hydrogen-bond acceptors (Lipinski definition) is 4. The Balaban J connectivity index is 2.46. The van der Waals surface area contributed by atoms with Gasteiger partial charge in [-0.15, -0.1) is 0 Å². The summed E-state index contributed by atoms with van der Waals surface area (Å²) < 4.78 is 5.51. The van der Waals surface area contributed by atoms with Gasteiger partial charge in [-0.25, -0.2) is 9.97 Å². The third-order valence-electron chi connectivity index (χ3n) is 3.03. The molecule has 0 bridgehead atoms. The van der Waals surface area contributed by atoms with E-state index in [2.05, 4.69) is 15.3 Å². The van der Waals surface area contributed by atoms with Gasteiger partial charge in [-0.2, -0.15) is 0 Å². The highest BCUT2D eigenvalue weighted by Gasteiger charge is 2.09. The largest absolute Gasteiger partial charge is 0.494 e. The first-order chi connectivity index (χ1) is 9.15. The van der Waals surface area contributed by atoms with Crippen molar-refractivity contribution in [3.63, 3.8) is 0 Å². The van der Waals surface area contributed by atoms with Crippen LogP contribution >= 0.6 is 0 Å². The van der Waals surface area contributed by atoms with Crippen LogP contribution in [0.4, 0.5) is 5.82 Å². The topological polar surface area (TPSA) is 47.0 Å². The second-order valence-electron chi connectivity index (χ2n) is 4.32. The summed E-state index contributed by atoms with van der Waals surface area (Å²) in [6.45, 7) is 6.63. The Labute approximate surface area is 113 Å². The molecule has 0 amide bonds. The van der Waals surface area contributed by atoms with Crippen molar-refractivity contribution < 1.29 is 4.74 Å². The standard InChI is InChI=1S/C15H19N3O/c1-5-19-13-8-6-7-12(9-13)15-17-11(3)10(2)14(16-4)18-15/h6-9H,5H2,1-4H3,(H,16,17,18). The first-order valence-electron chi connectivity index (χ1n) is 6.42. The van der Waals surface area contributed by atoms with Crippen LogP contribution < -0.4 is 10.1 Å². The number of hydrogen-bond donors (Lipinski definition) is 1. The molecule has 2 rings (SSSR count). The van der Waals surface area contributed by atoms with E-state index in [1.807, 2.05) is 52.1 Å². The zero-order valence-corrected chi connectivity index (χ0v) is 11.8. The minimum absolute atomic E-state index is 0.652. The van der Waals surface area contributed by atoms with E-state index in [1.54, 1.807) is 0 Å². The van der Waals surface area contributed by atoms with Crippen LogP contribution in [0.15, 0.2) is 24.3 Å². The molecule has 0 aliphatic rings. The molecule has 19 heavy (non-hydrogen) atoms. The zero-order chi connectivity index (χ0) is 13.8. The Hall–Kier alpha value is -2.10. The molecule has 1 aromatic carbocycles. The van der Waals surface area contributed by atoms with Crippen LogP contribution in [0.3, 0.4) is 0 Å². The van der Waals surface area contributed by atoms with Crippen molar-refractivity contribution in [1.82, 2.24) is 9.97 Å². The fraction of sp³-hybridized carbons (Fsp3) is 0.333. The van der Waals surface area contributed by atoms with Crippen LogP contribution in [-0.2, 0) is 0 Å². The molecule has 0 spiro atoms. The number of benzene rings is 1. The van der Waals surface area contributed by atoms with Crippen molar-refractivity contribution in [2.24, 2.45) is 0 Å². The van der Waals surface area contributed by atoms with E-state index in [0.29, 0.717) is 12.4 Å². The third-order valence-corrected chi connectivity index (χ3v) is 3.03. The van der Waals surface area contributed by atoms with Crippen molar-refractivity contribution >= 4 is 5.82 Å². The summed E-state index contributed by atoms with van der Waals surface area (Å²) in [6.07, 6.45) is 0. The Morgan fingerprint density at radius 1 is 1.21 bits per heavy atom. The lowest BCUT2D eigenvalue weighted by Gasteiger charge is -2.10. The normalized spacial score (nSPS) is 10.3. The maximum absolute atomic E-state index is 5.51. The minimum Gasteiger partial charge on any atom is -0.494 e. The molecule has 0 fully saturated rings. The highest BCUT2D eigenvalue weighted by molar-refractivity contribution is 5.61. The molecule has 0 saturated carbocycles. The number of nitrogens with one attached hydrogen (secondary N) is 1. The lowest BCUT2D eigenvalue weighted by molar-refractivity contribution is 0.340. The van der Waals surface area contributed by atoms with Crippen LogP contribution in [0.2, 0.25) is 0 Å². The van der Waals surface area contributed by atoms with Gasteiger partial charge in [0.25, 0.3) is 0 Å². The number of ether oxygens (including phenoxy) is 1. The van der Waals surface area contributed by atoms with E-state index in [0.717, 1.165) is 28.4 Å². The lowest BCUT2D eigenvalue weighted by atomic mass is 10.1. The fourth-order valence-electron chi connectivity index (χ4n) is 1.89. The van der Waals surface area contributed by atoms with Gasteiger partial charge in [-0.1, -0.05) is 12.1 Å². The van der Waals surface area contributed by atoms with Crippen LogP contribution in [0, 0.1) is 13.8 Å². The molecule has 0 radical (unpaired) electrons. The summed E-state index contributed by atoms with van der Waals surface area (Å²) in [5.41, 5.74) is 3.02. The second kappa shape index (κ2) is 5.69. The van der Waals surface area contributed by atoms with E-state index < -0.39 is 0 Å². The smallest absolute Gasteiger partial charge is 0.161 e. The molecule has 4 nitrogen and oxygen atoms in total. The van der Waals surface area contributed by atoms with E-state index in [4.69, 9.17) is 4.74 Å². The monoisotopic (exact) mass is 257 g/mol. The Kier molecular flexibility index (Phi) is 4.00. The SMILES string of the molecule is CCOc1cccc(-c2nc(C)c(C)c(NC)n2)c1. The van der Waals surface area contributed by atoms with E-state index >= 15 is 0 Å².